The van der Waals surface area contributed by atoms with Gasteiger partial charge in [0.2, 0.25) is 0 Å². The Hall–Kier alpha value is -3.18. The van der Waals surface area contributed by atoms with Crippen molar-refractivity contribution in [1.82, 2.24) is 4.98 Å². The van der Waals surface area contributed by atoms with Crippen LogP contribution in [0.1, 0.15) is 46.6 Å². The van der Waals surface area contributed by atoms with Gasteiger partial charge in [-0.1, -0.05) is 19.9 Å². The number of aromatic amines is 1. The number of fused-ring (bicyclic) bond motifs is 4. The number of carbonyl (C=O) groups excluding carboxylic acids is 1. The number of benzene rings is 2. The predicted molar refractivity (Wildman–Crippen MR) is 110 cm³/mol. The molecule has 1 heterocycles. The molecule has 1 aliphatic carbocycles. The molecule has 0 bridgehead atoms. The van der Waals surface area contributed by atoms with Gasteiger partial charge in [0.15, 0.2) is 5.78 Å². The van der Waals surface area contributed by atoms with Gasteiger partial charge in [-0.2, -0.15) is 5.26 Å². The molecule has 2 aromatic carbocycles. The Kier molecular flexibility index (Phi) is 4.86. The molecular weight excluding hydrogens is 384 g/mol. The molecule has 1 aliphatic rings. The van der Waals surface area contributed by atoms with Crippen LogP contribution >= 0.6 is 0 Å². The maximum Gasteiger partial charge on any atom is 0.195 e. The first-order valence-electron chi connectivity index (χ1n) is 9.63. The van der Waals surface area contributed by atoms with Crippen molar-refractivity contribution in [3.05, 3.63) is 64.3 Å². The molecule has 1 unspecified atom stereocenters. The van der Waals surface area contributed by atoms with Crippen LogP contribution in [0.4, 0.5) is 0 Å². The smallest absolute Gasteiger partial charge is 0.195 e. The van der Waals surface area contributed by atoms with Gasteiger partial charge in [-0.05, 0) is 35.9 Å². The van der Waals surface area contributed by atoms with Crippen LogP contribution in [0.2, 0.25) is 0 Å². The molecule has 0 amide bonds. The average Bonchev–Trinajstić information content (AvgIpc) is 3.15. The zero-order valence-corrected chi connectivity index (χ0v) is 16.6. The number of nitriles is 1. The number of nitrogens with zero attached hydrogens (tertiary/aromatic N) is 1. The van der Waals surface area contributed by atoms with Crippen molar-refractivity contribution in [3.63, 3.8) is 0 Å². The van der Waals surface area contributed by atoms with E-state index >= 15 is 0 Å². The van der Waals surface area contributed by atoms with Gasteiger partial charge >= 0.3 is 0 Å². The summed E-state index contributed by atoms with van der Waals surface area (Å²) in [6.07, 6.45) is -2.51. The van der Waals surface area contributed by atoms with Gasteiger partial charge in [0.25, 0.3) is 0 Å². The molecule has 7 heteroatoms. The van der Waals surface area contributed by atoms with Crippen LogP contribution in [-0.2, 0) is 5.41 Å². The summed E-state index contributed by atoms with van der Waals surface area (Å²) in [5, 5.41) is 38.2. The van der Waals surface area contributed by atoms with Crippen LogP contribution in [0.25, 0.3) is 10.9 Å². The molecule has 30 heavy (non-hydrogen) atoms. The Balaban J connectivity index is 1.75. The summed E-state index contributed by atoms with van der Waals surface area (Å²) in [7, 11) is 0. The van der Waals surface area contributed by atoms with Crippen LogP contribution < -0.4 is 4.74 Å². The first-order chi connectivity index (χ1) is 14.3. The first kappa shape index (κ1) is 20.1. The van der Waals surface area contributed by atoms with Gasteiger partial charge in [-0.25, -0.2) is 0 Å². The highest BCUT2D eigenvalue weighted by Gasteiger charge is 2.39. The quantitative estimate of drug-likeness (QED) is 0.513. The van der Waals surface area contributed by atoms with Crippen molar-refractivity contribution < 1.29 is 24.9 Å². The van der Waals surface area contributed by atoms with E-state index in [-0.39, 0.29) is 12.4 Å². The Morgan fingerprint density at radius 3 is 2.63 bits per heavy atom. The standard InChI is InChI=1S/C23H22N2O5/c1-23(2)16-8-13(30-11-19(28)18(27)10-26)4-6-14(16)21(29)20-15-5-3-12(9-24)7-17(15)25-22(20)23/h3-8,18-19,25-28H,10-11H2,1-2H3/t18-,19?/m1/s1. The summed E-state index contributed by atoms with van der Waals surface area (Å²) < 4.78 is 5.58. The molecular formula is C23H22N2O5. The lowest BCUT2D eigenvalue weighted by Crippen LogP contribution is -2.34. The van der Waals surface area contributed by atoms with Gasteiger partial charge in [-0.15, -0.1) is 0 Å². The summed E-state index contributed by atoms with van der Waals surface area (Å²) in [5.74, 6) is 0.350. The number of aliphatic hydroxyl groups is 3. The number of aromatic nitrogens is 1. The molecule has 7 nitrogen and oxygen atoms in total. The van der Waals surface area contributed by atoms with Crippen molar-refractivity contribution in [3.8, 4) is 11.8 Å². The molecule has 0 fully saturated rings. The van der Waals surface area contributed by atoms with Crippen molar-refractivity contribution in [2.24, 2.45) is 0 Å². The minimum absolute atomic E-state index is 0.0995. The lowest BCUT2D eigenvalue weighted by Gasteiger charge is -2.32. The number of nitrogens with one attached hydrogen (secondary N) is 1. The fourth-order valence-corrected chi connectivity index (χ4v) is 3.98. The first-order valence-corrected chi connectivity index (χ1v) is 9.63. The highest BCUT2D eigenvalue weighted by molar-refractivity contribution is 6.20. The maximum atomic E-state index is 13.3. The number of aliphatic hydroxyl groups excluding tert-OH is 3. The molecule has 2 atom stereocenters. The van der Waals surface area contributed by atoms with Crippen molar-refractivity contribution in [2.75, 3.05) is 13.2 Å². The number of ether oxygens (including phenoxy) is 1. The van der Waals surface area contributed by atoms with Gasteiger partial charge in [0, 0.05) is 27.6 Å². The lowest BCUT2D eigenvalue weighted by molar-refractivity contribution is -0.0339. The van der Waals surface area contributed by atoms with Gasteiger partial charge < -0.3 is 25.0 Å². The van der Waals surface area contributed by atoms with E-state index in [1.165, 1.54) is 0 Å². The molecule has 154 valence electrons. The molecule has 0 saturated heterocycles. The molecule has 4 rings (SSSR count). The second-order valence-corrected chi connectivity index (χ2v) is 8.04. The van der Waals surface area contributed by atoms with Crippen LogP contribution in [0.15, 0.2) is 36.4 Å². The predicted octanol–water partition coefficient (Wildman–Crippen LogP) is 2.00. The molecule has 0 saturated carbocycles. The van der Waals surface area contributed by atoms with Crippen molar-refractivity contribution in [1.29, 1.82) is 5.26 Å². The third kappa shape index (κ3) is 3.06. The fourth-order valence-electron chi connectivity index (χ4n) is 3.98. The number of hydrogen-bond acceptors (Lipinski definition) is 6. The Bertz CT molecular complexity index is 1190. The molecule has 0 radical (unpaired) electrons. The van der Waals surface area contributed by atoms with E-state index in [0.29, 0.717) is 22.4 Å². The molecule has 0 aliphatic heterocycles. The Morgan fingerprint density at radius 2 is 1.93 bits per heavy atom. The second kappa shape index (κ2) is 7.26. The van der Waals surface area contributed by atoms with E-state index in [1.807, 2.05) is 13.8 Å². The number of hydrogen-bond donors (Lipinski definition) is 4. The largest absolute Gasteiger partial charge is 0.491 e. The van der Waals surface area contributed by atoms with E-state index in [1.54, 1.807) is 36.4 Å². The van der Waals surface area contributed by atoms with Crippen molar-refractivity contribution >= 4 is 16.7 Å². The van der Waals surface area contributed by atoms with E-state index in [9.17, 15) is 20.3 Å². The topological polar surface area (TPSA) is 127 Å². The van der Waals surface area contributed by atoms with Gasteiger partial charge in [0.05, 0.1) is 23.8 Å². The summed E-state index contributed by atoms with van der Waals surface area (Å²) in [5.41, 5.74) is 3.46. The number of rotatable bonds is 5. The molecule has 0 spiro atoms. The van der Waals surface area contributed by atoms with E-state index in [0.717, 1.165) is 22.2 Å². The van der Waals surface area contributed by atoms with Crippen LogP contribution in [0, 0.1) is 11.3 Å². The SMILES string of the molecule is CC1(C)c2cc(OCC(O)[C@H](O)CO)ccc2C(=O)c2c1[nH]c1cc(C#N)ccc21. The summed E-state index contributed by atoms with van der Waals surface area (Å²) >= 11 is 0. The third-order valence-electron chi connectivity index (χ3n) is 5.74. The monoisotopic (exact) mass is 406 g/mol. The number of carbonyl (C=O) groups is 1. The minimum Gasteiger partial charge on any atom is -0.491 e. The summed E-state index contributed by atoms with van der Waals surface area (Å²) in [4.78, 5) is 16.6. The van der Waals surface area contributed by atoms with Crippen LogP contribution in [-0.4, -0.2) is 51.5 Å². The molecule has 3 aromatic rings. The average molecular weight is 406 g/mol. The van der Waals surface area contributed by atoms with Crippen molar-refractivity contribution in [2.45, 2.75) is 31.5 Å². The zero-order valence-electron chi connectivity index (χ0n) is 16.6. The minimum atomic E-state index is -1.28. The Labute approximate surface area is 173 Å². The second-order valence-electron chi connectivity index (χ2n) is 8.04. The normalized spacial score (nSPS) is 16.5. The highest BCUT2D eigenvalue weighted by Crippen LogP contribution is 2.44. The highest BCUT2D eigenvalue weighted by atomic mass is 16.5. The third-order valence-corrected chi connectivity index (χ3v) is 5.74. The fraction of sp³-hybridized carbons (Fsp3) is 0.304. The number of ketones is 1. The van der Waals surface area contributed by atoms with Gasteiger partial charge in [0.1, 0.15) is 24.6 Å². The van der Waals surface area contributed by atoms with Crippen LogP contribution in [0.3, 0.4) is 0 Å². The molecule has 1 aromatic heterocycles. The van der Waals surface area contributed by atoms with E-state index in [2.05, 4.69) is 11.1 Å². The summed E-state index contributed by atoms with van der Waals surface area (Å²) in [6, 6.07) is 12.5. The summed E-state index contributed by atoms with van der Waals surface area (Å²) in [6.45, 7) is 3.26. The molecule has 4 N–H and O–H groups in total. The van der Waals surface area contributed by atoms with E-state index < -0.39 is 24.2 Å². The lowest BCUT2D eigenvalue weighted by atomic mass is 9.71. The zero-order chi connectivity index (χ0) is 21.6. The number of H-pyrrole nitrogens is 1. The van der Waals surface area contributed by atoms with Crippen LogP contribution in [0.5, 0.6) is 5.75 Å². The Morgan fingerprint density at radius 1 is 1.17 bits per heavy atom. The van der Waals surface area contributed by atoms with Gasteiger partial charge in [-0.3, -0.25) is 4.79 Å². The maximum absolute atomic E-state index is 13.3. The van der Waals surface area contributed by atoms with E-state index in [4.69, 9.17) is 9.84 Å².